The van der Waals surface area contributed by atoms with Crippen LogP contribution in [0.25, 0.3) is 11.5 Å². The van der Waals surface area contributed by atoms with Gasteiger partial charge >= 0.3 is 12.3 Å². The Labute approximate surface area is 228 Å². The normalized spacial score (nSPS) is 14.3. The van der Waals surface area contributed by atoms with Gasteiger partial charge in [-0.2, -0.15) is 18.3 Å². The van der Waals surface area contributed by atoms with Crippen molar-refractivity contribution in [3.05, 3.63) is 48.0 Å². The summed E-state index contributed by atoms with van der Waals surface area (Å²) in [4.78, 5) is 25.6. The van der Waals surface area contributed by atoms with E-state index in [1.165, 1.54) is 24.4 Å². The van der Waals surface area contributed by atoms with Crippen molar-refractivity contribution in [2.75, 3.05) is 5.32 Å². The summed E-state index contributed by atoms with van der Waals surface area (Å²) in [7, 11) is 0. The summed E-state index contributed by atoms with van der Waals surface area (Å²) < 4.78 is 50.2. The molecule has 218 valence electrons. The molecule has 3 aromatic rings. The van der Waals surface area contributed by atoms with E-state index in [0.717, 1.165) is 18.6 Å². The number of halogens is 3. The van der Waals surface area contributed by atoms with Gasteiger partial charge in [-0.05, 0) is 37.1 Å². The standard InChI is InChI=1S/C26H33F3N6O5/c1-5-7-8-17(19(36)21(37)32-18-13-14-30-33-18)31-24(38)39-20(25(3,4)6-2)23-35-34-22(40-23)15-9-11-16(12-10-15)26(27,28)29/h9-14,17,19-20,36H,5-8H2,1-4H3,(H,31,38)(H2,30,32,33,37)/t17-,19+,20+/m0/s1. The molecule has 40 heavy (non-hydrogen) atoms. The highest BCUT2D eigenvalue weighted by molar-refractivity contribution is 5.94. The minimum absolute atomic E-state index is 0.0450. The largest absolute Gasteiger partial charge is 0.436 e. The number of alkyl carbamates (subject to hydrolysis) is 1. The molecule has 2 aromatic heterocycles. The smallest absolute Gasteiger partial charge is 0.416 e. The maximum Gasteiger partial charge on any atom is 0.416 e. The van der Waals surface area contributed by atoms with Crippen molar-refractivity contribution in [3.8, 4) is 11.5 Å². The van der Waals surface area contributed by atoms with Crippen molar-refractivity contribution in [2.45, 2.75) is 77.8 Å². The number of ether oxygens (including phenoxy) is 1. The van der Waals surface area contributed by atoms with Gasteiger partial charge in [0, 0.05) is 17.0 Å². The van der Waals surface area contributed by atoms with Crippen LogP contribution in [0.15, 0.2) is 40.9 Å². The number of amides is 2. The summed E-state index contributed by atoms with van der Waals surface area (Å²) in [5.41, 5.74) is -1.26. The van der Waals surface area contributed by atoms with E-state index in [4.69, 9.17) is 9.15 Å². The summed E-state index contributed by atoms with van der Waals surface area (Å²) in [6.45, 7) is 7.42. The van der Waals surface area contributed by atoms with E-state index in [9.17, 15) is 27.9 Å². The SMILES string of the molecule is CCCC[C@H](NC(=O)O[C@H](c1nnc(-c2ccc(C(F)(F)F)cc2)o1)C(C)(C)CC)[C@@H](O)C(=O)Nc1ccn[nH]1. The van der Waals surface area contributed by atoms with E-state index in [2.05, 4.69) is 31.0 Å². The number of unbranched alkanes of at least 4 members (excludes halogenated alkanes) is 1. The second-order valence-corrected chi connectivity index (χ2v) is 9.95. The number of aromatic amines is 1. The summed E-state index contributed by atoms with van der Waals surface area (Å²) in [6, 6.07) is 4.77. The molecule has 0 aliphatic heterocycles. The fourth-order valence-corrected chi connectivity index (χ4v) is 3.73. The number of carbonyl (C=O) groups is 2. The number of anilines is 1. The lowest BCUT2D eigenvalue weighted by Crippen LogP contribution is -2.49. The van der Waals surface area contributed by atoms with Crippen LogP contribution in [0.3, 0.4) is 0 Å². The zero-order valence-electron chi connectivity index (χ0n) is 22.6. The van der Waals surface area contributed by atoms with E-state index >= 15 is 0 Å². The van der Waals surface area contributed by atoms with Crippen LogP contribution in [0.4, 0.5) is 23.8 Å². The number of nitrogens with zero attached hydrogens (tertiary/aromatic N) is 3. The van der Waals surface area contributed by atoms with Crippen molar-refractivity contribution in [2.24, 2.45) is 5.41 Å². The zero-order valence-corrected chi connectivity index (χ0v) is 22.6. The van der Waals surface area contributed by atoms with Gasteiger partial charge in [0.15, 0.2) is 12.2 Å². The predicted octanol–water partition coefficient (Wildman–Crippen LogP) is 5.24. The molecule has 0 unspecified atom stereocenters. The van der Waals surface area contributed by atoms with Crippen LogP contribution in [0.5, 0.6) is 0 Å². The Morgan fingerprint density at radius 2 is 1.82 bits per heavy atom. The van der Waals surface area contributed by atoms with Crippen LogP contribution in [0.2, 0.25) is 0 Å². The molecule has 2 amide bonds. The fraction of sp³-hybridized carbons (Fsp3) is 0.500. The maximum absolute atomic E-state index is 13.0. The molecule has 1 aromatic carbocycles. The third-order valence-electron chi connectivity index (χ3n) is 6.55. The number of nitrogens with one attached hydrogen (secondary N) is 3. The van der Waals surface area contributed by atoms with Crippen LogP contribution in [-0.4, -0.2) is 49.6 Å². The Hall–Kier alpha value is -3.94. The average Bonchev–Trinajstić information content (AvgIpc) is 3.61. The number of alkyl halides is 3. The Kier molecular flexibility index (Phi) is 9.90. The highest BCUT2D eigenvalue weighted by atomic mass is 19.4. The average molecular weight is 567 g/mol. The van der Waals surface area contributed by atoms with E-state index in [0.29, 0.717) is 19.3 Å². The molecular weight excluding hydrogens is 533 g/mol. The first-order valence-electron chi connectivity index (χ1n) is 12.8. The maximum atomic E-state index is 13.0. The molecule has 0 bridgehead atoms. The second-order valence-electron chi connectivity index (χ2n) is 9.95. The number of aliphatic hydroxyl groups excluding tert-OH is 1. The highest BCUT2D eigenvalue weighted by Crippen LogP contribution is 2.40. The molecular formula is C26H33F3N6O5. The van der Waals surface area contributed by atoms with Gasteiger partial charge < -0.3 is 24.9 Å². The molecule has 0 fully saturated rings. The molecule has 11 nitrogen and oxygen atoms in total. The van der Waals surface area contributed by atoms with E-state index < -0.39 is 47.4 Å². The van der Waals surface area contributed by atoms with Gasteiger partial charge in [0.2, 0.25) is 5.89 Å². The van der Waals surface area contributed by atoms with Crippen LogP contribution in [-0.2, 0) is 15.7 Å². The van der Waals surface area contributed by atoms with E-state index in [1.54, 1.807) is 0 Å². The van der Waals surface area contributed by atoms with Gasteiger partial charge in [-0.15, -0.1) is 10.2 Å². The molecule has 0 radical (unpaired) electrons. The molecule has 3 atom stereocenters. The number of aromatic nitrogens is 4. The Morgan fingerprint density at radius 1 is 1.12 bits per heavy atom. The molecule has 0 spiro atoms. The van der Waals surface area contributed by atoms with Gasteiger partial charge in [-0.3, -0.25) is 9.89 Å². The number of rotatable bonds is 12. The fourth-order valence-electron chi connectivity index (χ4n) is 3.73. The minimum Gasteiger partial charge on any atom is -0.436 e. The molecule has 0 aliphatic rings. The van der Waals surface area contributed by atoms with Gasteiger partial charge in [0.05, 0.1) is 17.8 Å². The number of hydrogen-bond acceptors (Lipinski definition) is 8. The highest BCUT2D eigenvalue weighted by Gasteiger charge is 2.38. The van der Waals surface area contributed by atoms with E-state index in [1.807, 2.05) is 27.7 Å². The molecule has 2 heterocycles. The van der Waals surface area contributed by atoms with Crippen molar-refractivity contribution >= 4 is 17.8 Å². The lowest BCUT2D eigenvalue weighted by molar-refractivity contribution is -0.137. The first-order chi connectivity index (χ1) is 18.9. The third-order valence-corrected chi connectivity index (χ3v) is 6.55. The number of carbonyl (C=O) groups excluding carboxylic acids is 2. The lowest BCUT2D eigenvalue weighted by Gasteiger charge is -2.31. The zero-order chi connectivity index (χ0) is 29.5. The minimum atomic E-state index is -4.49. The second kappa shape index (κ2) is 12.9. The first kappa shape index (κ1) is 30.6. The van der Waals surface area contributed by atoms with Crippen molar-refractivity contribution in [3.63, 3.8) is 0 Å². The molecule has 3 rings (SSSR count). The number of benzene rings is 1. The first-order valence-corrected chi connectivity index (χ1v) is 12.8. The van der Waals surface area contributed by atoms with Crippen molar-refractivity contribution < 1.29 is 37.0 Å². The summed E-state index contributed by atoms with van der Waals surface area (Å²) in [5, 5.41) is 30.0. The van der Waals surface area contributed by atoms with Crippen LogP contribution < -0.4 is 10.6 Å². The van der Waals surface area contributed by atoms with Crippen molar-refractivity contribution in [1.29, 1.82) is 0 Å². The number of aliphatic hydroxyl groups is 1. The lowest BCUT2D eigenvalue weighted by atomic mass is 9.83. The number of H-pyrrole nitrogens is 1. The molecule has 0 saturated carbocycles. The number of hydrogen-bond donors (Lipinski definition) is 4. The van der Waals surface area contributed by atoms with Crippen LogP contribution in [0.1, 0.15) is 70.9 Å². The Morgan fingerprint density at radius 3 is 2.40 bits per heavy atom. The van der Waals surface area contributed by atoms with Gasteiger partial charge in [-0.1, -0.05) is 40.5 Å². The quantitative estimate of drug-likeness (QED) is 0.232. The van der Waals surface area contributed by atoms with E-state index in [-0.39, 0.29) is 23.2 Å². The van der Waals surface area contributed by atoms with Gasteiger partial charge in [0.1, 0.15) is 5.82 Å². The Bertz CT molecular complexity index is 1240. The Balaban J connectivity index is 1.77. The molecule has 4 N–H and O–H groups in total. The summed E-state index contributed by atoms with van der Waals surface area (Å²) in [5.74, 6) is -0.559. The predicted molar refractivity (Wildman–Crippen MR) is 138 cm³/mol. The van der Waals surface area contributed by atoms with Crippen LogP contribution in [0, 0.1) is 5.41 Å². The molecule has 0 aliphatic carbocycles. The summed E-state index contributed by atoms with van der Waals surface area (Å²) >= 11 is 0. The third kappa shape index (κ3) is 7.81. The molecule has 14 heteroatoms. The van der Waals surface area contributed by atoms with Crippen molar-refractivity contribution in [1.82, 2.24) is 25.7 Å². The summed E-state index contributed by atoms with van der Waals surface area (Å²) in [6.07, 6.45) is -4.42. The van der Waals surface area contributed by atoms with Gasteiger partial charge in [0.25, 0.3) is 11.8 Å². The molecule has 0 saturated heterocycles. The monoisotopic (exact) mass is 566 g/mol. The van der Waals surface area contributed by atoms with Gasteiger partial charge in [-0.25, -0.2) is 4.79 Å². The topological polar surface area (TPSA) is 155 Å². The van der Waals surface area contributed by atoms with Crippen LogP contribution >= 0.6 is 0 Å².